The monoisotopic (exact) mass is 440 g/mol. The highest BCUT2D eigenvalue weighted by Crippen LogP contribution is 2.21. The molecule has 2 aliphatic rings. The Balaban J connectivity index is 1.25. The van der Waals surface area contributed by atoms with E-state index in [0.717, 1.165) is 0 Å². The van der Waals surface area contributed by atoms with Gasteiger partial charge in [0.15, 0.2) is 0 Å². The normalized spacial score (nSPS) is 17.2. The zero-order valence-corrected chi connectivity index (χ0v) is 17.8. The highest BCUT2D eigenvalue weighted by Gasteiger charge is 2.23. The average molecular weight is 440 g/mol. The first-order valence-corrected chi connectivity index (χ1v) is 10.8. The van der Waals surface area contributed by atoms with Crippen molar-refractivity contribution in [3.05, 3.63) is 72.3 Å². The van der Waals surface area contributed by atoms with Crippen LogP contribution in [0.5, 0.6) is 0 Å². The first-order valence-electron chi connectivity index (χ1n) is 10.8. The molecule has 168 valence electrons. The van der Waals surface area contributed by atoms with Gasteiger partial charge in [0.1, 0.15) is 11.6 Å². The van der Waals surface area contributed by atoms with E-state index in [2.05, 4.69) is 0 Å². The van der Waals surface area contributed by atoms with E-state index in [1.54, 1.807) is 46.2 Å². The van der Waals surface area contributed by atoms with Gasteiger partial charge in [-0.3, -0.25) is 9.59 Å². The van der Waals surface area contributed by atoms with Crippen LogP contribution >= 0.6 is 0 Å². The second kappa shape index (κ2) is 9.80. The van der Waals surface area contributed by atoms with Crippen LogP contribution in [0, 0.1) is 11.6 Å². The molecule has 2 amide bonds. The lowest BCUT2D eigenvalue weighted by atomic mass is 10.2. The molecule has 4 rings (SSSR count). The molecule has 0 saturated carbocycles. The number of amides is 2. The number of halogens is 2. The summed E-state index contributed by atoms with van der Waals surface area (Å²) in [6, 6.07) is 13.2. The van der Waals surface area contributed by atoms with Gasteiger partial charge in [0, 0.05) is 64.5 Å². The molecule has 0 radical (unpaired) electrons. The lowest BCUT2D eigenvalue weighted by Crippen LogP contribution is -2.49. The molecule has 0 spiro atoms. The van der Waals surface area contributed by atoms with E-state index < -0.39 is 0 Å². The average Bonchev–Trinajstić information content (AvgIpc) is 2.83. The van der Waals surface area contributed by atoms with E-state index in [0.29, 0.717) is 63.7 Å². The Morgan fingerprint density at radius 1 is 0.594 bits per heavy atom. The summed E-state index contributed by atoms with van der Waals surface area (Å²) in [5, 5.41) is 0. The quantitative estimate of drug-likeness (QED) is 0.686. The van der Waals surface area contributed by atoms with Gasteiger partial charge < -0.3 is 19.6 Å². The van der Waals surface area contributed by atoms with Crippen LogP contribution in [0.25, 0.3) is 0 Å². The number of anilines is 2. The summed E-state index contributed by atoms with van der Waals surface area (Å²) in [7, 11) is 0. The van der Waals surface area contributed by atoms with Crippen molar-refractivity contribution in [2.24, 2.45) is 0 Å². The van der Waals surface area contributed by atoms with Crippen LogP contribution in [0.15, 0.2) is 60.7 Å². The maximum Gasteiger partial charge on any atom is 0.246 e. The summed E-state index contributed by atoms with van der Waals surface area (Å²) >= 11 is 0. The molecule has 8 heteroatoms. The van der Waals surface area contributed by atoms with Crippen molar-refractivity contribution < 1.29 is 18.4 Å². The minimum atomic E-state index is -0.270. The lowest BCUT2D eigenvalue weighted by Gasteiger charge is -2.36. The number of benzene rings is 2. The maximum absolute atomic E-state index is 14.0. The number of para-hydroxylation sites is 2. The SMILES string of the molecule is O=C(/C=C/C(=O)N1CCN(c2ccccc2F)CC1)N1CCN(c2ccccc2F)CC1. The van der Waals surface area contributed by atoms with Gasteiger partial charge in [-0.15, -0.1) is 0 Å². The Morgan fingerprint density at radius 2 is 0.938 bits per heavy atom. The van der Waals surface area contributed by atoms with Crippen LogP contribution in [-0.4, -0.2) is 74.0 Å². The van der Waals surface area contributed by atoms with Crippen LogP contribution in [0.2, 0.25) is 0 Å². The van der Waals surface area contributed by atoms with Crippen molar-refractivity contribution in [1.29, 1.82) is 0 Å². The number of carbonyl (C=O) groups is 2. The molecule has 32 heavy (non-hydrogen) atoms. The maximum atomic E-state index is 14.0. The Kier molecular flexibility index (Phi) is 6.68. The minimum Gasteiger partial charge on any atom is -0.366 e. The highest BCUT2D eigenvalue weighted by atomic mass is 19.1. The molecule has 2 aliphatic heterocycles. The highest BCUT2D eigenvalue weighted by molar-refractivity contribution is 5.97. The first-order chi connectivity index (χ1) is 15.5. The van der Waals surface area contributed by atoms with Crippen LogP contribution in [0.3, 0.4) is 0 Å². The molecular weight excluding hydrogens is 414 g/mol. The molecule has 0 N–H and O–H groups in total. The molecule has 2 saturated heterocycles. The van der Waals surface area contributed by atoms with E-state index in [1.165, 1.54) is 24.3 Å². The first kappa shape index (κ1) is 21.8. The molecule has 2 aromatic carbocycles. The molecule has 0 bridgehead atoms. The number of hydrogen-bond acceptors (Lipinski definition) is 4. The molecule has 0 aromatic heterocycles. The van der Waals surface area contributed by atoms with Gasteiger partial charge in [0.25, 0.3) is 0 Å². The summed E-state index contributed by atoms with van der Waals surface area (Å²) in [5.41, 5.74) is 1.08. The van der Waals surface area contributed by atoms with Gasteiger partial charge in [-0.05, 0) is 24.3 Å². The fourth-order valence-electron chi connectivity index (χ4n) is 4.11. The van der Waals surface area contributed by atoms with Gasteiger partial charge in [0.05, 0.1) is 11.4 Å². The topological polar surface area (TPSA) is 47.1 Å². The Morgan fingerprint density at radius 3 is 1.28 bits per heavy atom. The van der Waals surface area contributed by atoms with Crippen LogP contribution < -0.4 is 9.80 Å². The van der Waals surface area contributed by atoms with Crippen LogP contribution in [-0.2, 0) is 9.59 Å². The van der Waals surface area contributed by atoms with Gasteiger partial charge >= 0.3 is 0 Å². The number of piperazine rings is 2. The second-order valence-electron chi connectivity index (χ2n) is 7.86. The van der Waals surface area contributed by atoms with Crippen molar-refractivity contribution in [2.75, 3.05) is 62.2 Å². The third-order valence-electron chi connectivity index (χ3n) is 5.94. The molecule has 2 heterocycles. The lowest BCUT2D eigenvalue weighted by molar-refractivity contribution is -0.128. The van der Waals surface area contributed by atoms with Crippen LogP contribution in [0.4, 0.5) is 20.2 Å². The van der Waals surface area contributed by atoms with Crippen molar-refractivity contribution in [2.45, 2.75) is 0 Å². The summed E-state index contributed by atoms with van der Waals surface area (Å²) < 4.78 is 27.9. The van der Waals surface area contributed by atoms with Gasteiger partial charge in [-0.25, -0.2) is 8.78 Å². The Hall–Kier alpha value is -3.42. The third kappa shape index (κ3) is 4.90. The predicted molar refractivity (Wildman–Crippen MR) is 120 cm³/mol. The summed E-state index contributed by atoms with van der Waals surface area (Å²) in [5.74, 6) is -0.992. The Labute approximate surface area is 186 Å². The van der Waals surface area contributed by atoms with Gasteiger partial charge in [0.2, 0.25) is 11.8 Å². The smallest absolute Gasteiger partial charge is 0.246 e. The van der Waals surface area contributed by atoms with Crippen molar-refractivity contribution in [1.82, 2.24) is 9.80 Å². The Bertz CT molecular complexity index is 917. The zero-order valence-electron chi connectivity index (χ0n) is 17.8. The van der Waals surface area contributed by atoms with E-state index in [-0.39, 0.29) is 23.4 Å². The zero-order chi connectivity index (χ0) is 22.5. The molecule has 0 aliphatic carbocycles. The second-order valence-corrected chi connectivity index (χ2v) is 7.86. The number of hydrogen-bond donors (Lipinski definition) is 0. The van der Waals surface area contributed by atoms with E-state index >= 15 is 0 Å². The van der Waals surface area contributed by atoms with E-state index in [4.69, 9.17) is 0 Å². The number of nitrogens with zero attached hydrogens (tertiary/aromatic N) is 4. The fraction of sp³-hybridized carbons (Fsp3) is 0.333. The summed E-state index contributed by atoms with van der Waals surface area (Å²) in [6.07, 6.45) is 2.62. The molecule has 0 atom stereocenters. The molecule has 2 fully saturated rings. The number of rotatable bonds is 4. The predicted octanol–water partition coefficient (Wildman–Crippen LogP) is 2.52. The van der Waals surface area contributed by atoms with Crippen molar-refractivity contribution >= 4 is 23.2 Å². The molecule has 6 nitrogen and oxygen atoms in total. The van der Waals surface area contributed by atoms with Crippen LogP contribution in [0.1, 0.15) is 0 Å². The third-order valence-corrected chi connectivity index (χ3v) is 5.94. The van der Waals surface area contributed by atoms with Gasteiger partial charge in [-0.1, -0.05) is 24.3 Å². The molecule has 2 aromatic rings. The number of carbonyl (C=O) groups excluding carboxylic acids is 2. The fourth-order valence-corrected chi connectivity index (χ4v) is 4.11. The minimum absolute atomic E-state index is 0.225. The van der Waals surface area contributed by atoms with Crippen molar-refractivity contribution in [3.63, 3.8) is 0 Å². The largest absolute Gasteiger partial charge is 0.366 e. The van der Waals surface area contributed by atoms with E-state index in [1.807, 2.05) is 9.80 Å². The van der Waals surface area contributed by atoms with Crippen molar-refractivity contribution in [3.8, 4) is 0 Å². The summed E-state index contributed by atoms with van der Waals surface area (Å²) in [4.78, 5) is 32.2. The van der Waals surface area contributed by atoms with E-state index in [9.17, 15) is 18.4 Å². The molecule has 0 unspecified atom stereocenters. The van der Waals surface area contributed by atoms with Gasteiger partial charge in [-0.2, -0.15) is 0 Å². The standard InChI is InChI=1S/C24H26F2N4O2/c25-19-5-1-3-7-21(19)27-11-15-29(16-12-27)23(31)9-10-24(32)30-17-13-28(14-18-30)22-8-4-2-6-20(22)26/h1-10H,11-18H2/b10-9+. The summed E-state index contributed by atoms with van der Waals surface area (Å²) in [6.45, 7) is 4.00. The molecular formula is C24H26F2N4O2.